The van der Waals surface area contributed by atoms with Gasteiger partial charge in [-0.05, 0) is 55.9 Å². The van der Waals surface area contributed by atoms with Gasteiger partial charge in [0.2, 0.25) is 5.78 Å². The van der Waals surface area contributed by atoms with Crippen molar-refractivity contribution < 1.29 is 23.6 Å². The predicted molar refractivity (Wildman–Crippen MR) is 183 cm³/mol. The van der Waals surface area contributed by atoms with Crippen LogP contribution in [0.3, 0.4) is 0 Å². The number of carbonyl (C=O) groups excluding carboxylic acids is 1. The van der Waals surface area contributed by atoms with Crippen molar-refractivity contribution in [3.8, 4) is 11.5 Å². The monoisotopic (exact) mass is 611 g/mol. The lowest BCUT2D eigenvalue weighted by atomic mass is 9.77. The Hall–Kier alpha value is -3.80. The third-order valence-corrected chi connectivity index (χ3v) is 9.79. The molecular formula is C39H51N2O4+. The Morgan fingerprint density at radius 1 is 0.800 bits per heavy atom. The van der Waals surface area contributed by atoms with E-state index < -0.39 is 0 Å². The fraction of sp³-hybridized carbons (Fsp3) is 0.487. The number of hydrogen-bond donors (Lipinski definition) is 0. The van der Waals surface area contributed by atoms with E-state index in [0.717, 1.165) is 60.2 Å². The second-order valence-electron chi connectivity index (χ2n) is 14.4. The Balaban J connectivity index is 1.64. The number of methoxy groups -OCH3 is 3. The smallest absolute Gasteiger partial charge is 0.252 e. The second kappa shape index (κ2) is 12.2. The topological polar surface area (TPSA) is 51.0 Å². The van der Waals surface area contributed by atoms with Crippen LogP contribution < -0.4 is 14.4 Å². The molecule has 0 atom stereocenters. The Labute approximate surface area is 270 Å². The summed E-state index contributed by atoms with van der Waals surface area (Å²) in [5, 5.41) is 0. The molecule has 0 amide bonds. The fourth-order valence-corrected chi connectivity index (χ4v) is 7.08. The number of allylic oxidation sites excluding steroid dienone is 5. The van der Waals surface area contributed by atoms with Crippen molar-refractivity contribution in [1.82, 2.24) is 0 Å². The quantitative estimate of drug-likeness (QED) is 0.189. The number of rotatable bonds is 11. The highest BCUT2D eigenvalue weighted by atomic mass is 16.5. The minimum absolute atomic E-state index is 0.0110. The zero-order valence-electron chi connectivity index (χ0n) is 29.1. The SMILES string of the molecule is COC1=C(/C=C2\N(CCC(C)C)c3c(OC)cccc3C2(C)C)C(=O)/C1=C/C1=[N+](CCC(C)C)c2c(OC)cccc2C1(C)C. The molecule has 0 saturated heterocycles. The van der Waals surface area contributed by atoms with E-state index in [9.17, 15) is 4.79 Å². The van der Waals surface area contributed by atoms with E-state index in [0.29, 0.717) is 28.7 Å². The van der Waals surface area contributed by atoms with E-state index in [1.807, 2.05) is 12.1 Å². The van der Waals surface area contributed by atoms with Crippen LogP contribution in [-0.2, 0) is 20.4 Å². The summed E-state index contributed by atoms with van der Waals surface area (Å²) in [4.78, 5) is 16.5. The summed E-state index contributed by atoms with van der Waals surface area (Å²) < 4.78 is 20.0. The number of anilines is 1. The number of Topliss-reactive ketones (excluding diaryl/α,β-unsaturated/α-hetero) is 1. The van der Waals surface area contributed by atoms with Gasteiger partial charge in [-0.15, -0.1) is 0 Å². The lowest BCUT2D eigenvalue weighted by molar-refractivity contribution is -0.440. The van der Waals surface area contributed by atoms with E-state index in [1.54, 1.807) is 21.3 Å². The summed E-state index contributed by atoms with van der Waals surface area (Å²) in [6.45, 7) is 19.6. The van der Waals surface area contributed by atoms with E-state index in [1.165, 1.54) is 11.1 Å². The molecule has 0 fully saturated rings. The van der Waals surface area contributed by atoms with Crippen molar-refractivity contribution in [2.75, 3.05) is 39.3 Å². The summed E-state index contributed by atoms with van der Waals surface area (Å²) in [6, 6.07) is 12.5. The lowest BCUT2D eigenvalue weighted by Gasteiger charge is -2.30. The minimum Gasteiger partial charge on any atom is -0.495 e. The highest BCUT2D eigenvalue weighted by Gasteiger charge is 2.49. The second-order valence-corrected chi connectivity index (χ2v) is 14.4. The number of nitrogens with zero attached hydrogens (tertiary/aromatic N) is 2. The van der Waals surface area contributed by atoms with Gasteiger partial charge in [0.05, 0.1) is 43.6 Å². The van der Waals surface area contributed by atoms with Crippen molar-refractivity contribution >= 4 is 22.9 Å². The molecule has 0 unspecified atom stereocenters. The number of carbonyl (C=O) groups is 1. The number of para-hydroxylation sites is 2. The summed E-state index contributed by atoms with van der Waals surface area (Å²) in [6.07, 6.45) is 6.17. The van der Waals surface area contributed by atoms with Gasteiger partial charge in [0.15, 0.2) is 11.5 Å². The van der Waals surface area contributed by atoms with Gasteiger partial charge in [-0.1, -0.05) is 65.8 Å². The average Bonchev–Trinajstić information content (AvgIpc) is 3.36. The number of ketones is 1. The lowest BCUT2D eigenvalue weighted by Crippen LogP contribution is -2.33. The van der Waals surface area contributed by atoms with Gasteiger partial charge in [0.1, 0.15) is 18.1 Å². The van der Waals surface area contributed by atoms with Gasteiger partial charge in [-0.25, -0.2) is 0 Å². The summed E-state index contributed by atoms with van der Waals surface area (Å²) in [7, 11) is 5.12. The third kappa shape index (κ3) is 5.40. The minimum atomic E-state index is -0.319. The molecule has 0 bridgehead atoms. The van der Waals surface area contributed by atoms with Gasteiger partial charge in [0, 0.05) is 35.7 Å². The summed E-state index contributed by atoms with van der Waals surface area (Å²) >= 11 is 0. The number of benzene rings is 2. The van der Waals surface area contributed by atoms with Gasteiger partial charge in [-0.3, -0.25) is 4.79 Å². The molecule has 6 heteroatoms. The first-order chi connectivity index (χ1) is 21.3. The van der Waals surface area contributed by atoms with E-state index in [-0.39, 0.29) is 16.6 Å². The van der Waals surface area contributed by atoms with Gasteiger partial charge >= 0.3 is 0 Å². The van der Waals surface area contributed by atoms with Crippen LogP contribution in [0.25, 0.3) is 0 Å². The van der Waals surface area contributed by atoms with Crippen LogP contribution in [0.2, 0.25) is 0 Å². The Morgan fingerprint density at radius 3 is 2.02 bits per heavy atom. The number of ether oxygens (including phenoxy) is 3. The molecule has 5 rings (SSSR count). The van der Waals surface area contributed by atoms with Crippen molar-refractivity contribution in [2.45, 2.75) is 79.1 Å². The van der Waals surface area contributed by atoms with Crippen LogP contribution in [0.4, 0.5) is 11.4 Å². The van der Waals surface area contributed by atoms with Gasteiger partial charge in [0.25, 0.3) is 5.69 Å². The maximum absolute atomic E-state index is 14.1. The van der Waals surface area contributed by atoms with Crippen molar-refractivity contribution in [3.05, 3.63) is 82.3 Å². The molecule has 0 N–H and O–H groups in total. The van der Waals surface area contributed by atoms with Crippen LogP contribution in [0, 0.1) is 11.8 Å². The Bertz CT molecular complexity index is 1630. The first-order valence-corrected chi connectivity index (χ1v) is 16.3. The molecular weight excluding hydrogens is 560 g/mol. The summed E-state index contributed by atoms with van der Waals surface area (Å²) in [5.41, 5.74) is 7.37. The molecule has 2 aromatic rings. The molecule has 0 saturated carbocycles. The molecule has 6 nitrogen and oxygen atoms in total. The van der Waals surface area contributed by atoms with E-state index in [2.05, 4.69) is 101 Å². The van der Waals surface area contributed by atoms with E-state index >= 15 is 0 Å². The third-order valence-electron chi connectivity index (χ3n) is 9.79. The standard InChI is InChI=1S/C39H51N2O4/c1-24(2)18-20-40-32(38(5,6)28-14-12-16-30(43-9)34(28)40)22-26-36(42)27(37(26)45-11)23-33-39(7,8)29-15-13-17-31(44-10)35(29)41(33)21-19-25(3)4/h12-17,22-25H,18-21H2,1-11H3/q+1. The largest absolute Gasteiger partial charge is 0.495 e. The molecule has 0 radical (unpaired) electrons. The van der Waals surface area contributed by atoms with Crippen LogP contribution in [0.5, 0.6) is 11.5 Å². The molecule has 0 aromatic heterocycles. The van der Waals surface area contributed by atoms with E-state index in [4.69, 9.17) is 14.2 Å². The number of fused-ring (bicyclic) bond motifs is 2. The first kappa shape index (κ1) is 32.6. The molecule has 2 aromatic carbocycles. The van der Waals surface area contributed by atoms with Crippen LogP contribution in [-0.4, -0.2) is 50.5 Å². The van der Waals surface area contributed by atoms with Crippen LogP contribution in [0.15, 0.2) is 71.2 Å². The highest BCUT2D eigenvalue weighted by molar-refractivity contribution is 6.24. The van der Waals surface area contributed by atoms with Crippen LogP contribution in [0.1, 0.15) is 79.4 Å². The maximum Gasteiger partial charge on any atom is 0.252 e. The van der Waals surface area contributed by atoms with Gasteiger partial charge in [-0.2, -0.15) is 4.58 Å². The fourth-order valence-electron chi connectivity index (χ4n) is 7.08. The molecule has 1 aliphatic carbocycles. The van der Waals surface area contributed by atoms with Crippen molar-refractivity contribution in [2.24, 2.45) is 11.8 Å². The van der Waals surface area contributed by atoms with Crippen molar-refractivity contribution in [1.29, 1.82) is 0 Å². The zero-order valence-corrected chi connectivity index (χ0v) is 29.1. The average molecular weight is 612 g/mol. The molecule has 2 heterocycles. The summed E-state index contributed by atoms with van der Waals surface area (Å²) in [5.74, 6) is 3.43. The van der Waals surface area contributed by atoms with Crippen LogP contribution >= 0.6 is 0 Å². The highest BCUT2D eigenvalue weighted by Crippen LogP contribution is 2.53. The normalized spacial score (nSPS) is 20.0. The molecule has 2 aliphatic heterocycles. The molecule has 45 heavy (non-hydrogen) atoms. The molecule has 3 aliphatic rings. The predicted octanol–water partition coefficient (Wildman–Crippen LogP) is 8.26. The number of hydrogen-bond acceptors (Lipinski definition) is 5. The molecule has 0 spiro atoms. The molecule has 240 valence electrons. The first-order valence-electron chi connectivity index (χ1n) is 16.3. The maximum atomic E-state index is 14.1. The Kier molecular flexibility index (Phi) is 8.82. The van der Waals surface area contributed by atoms with Crippen molar-refractivity contribution in [3.63, 3.8) is 0 Å². The van der Waals surface area contributed by atoms with Gasteiger partial charge < -0.3 is 19.1 Å². The Morgan fingerprint density at radius 2 is 1.42 bits per heavy atom. The zero-order chi connectivity index (χ0) is 32.8.